The molecule has 0 aromatic heterocycles. The van der Waals surface area contributed by atoms with Crippen molar-refractivity contribution in [3.8, 4) is 0 Å². The Bertz CT molecular complexity index is 1240. The lowest BCUT2D eigenvalue weighted by Gasteiger charge is -2.40. The van der Waals surface area contributed by atoms with E-state index in [0.29, 0.717) is 25.2 Å². The molecule has 11 unspecified atom stereocenters. The van der Waals surface area contributed by atoms with E-state index in [-0.39, 0.29) is 5.92 Å². The quantitative estimate of drug-likeness (QED) is 0.187. The minimum Gasteiger partial charge on any atom is -0.459 e. The molecule has 13 nitrogen and oxygen atoms in total. The van der Waals surface area contributed by atoms with Gasteiger partial charge in [0.15, 0.2) is 18.3 Å². The van der Waals surface area contributed by atoms with Gasteiger partial charge in [-0.1, -0.05) is 13.3 Å². The van der Waals surface area contributed by atoms with Gasteiger partial charge in [0.2, 0.25) is 0 Å². The highest BCUT2D eigenvalue weighted by molar-refractivity contribution is 7.86. The normalized spacial score (nSPS) is 36.8. The summed E-state index contributed by atoms with van der Waals surface area (Å²) in [4.78, 5) is 50.5. The number of esters is 4. The van der Waals surface area contributed by atoms with Gasteiger partial charge in [0, 0.05) is 5.92 Å². The summed E-state index contributed by atoms with van der Waals surface area (Å²) in [6.45, 7) is 2.54. The summed E-state index contributed by atoms with van der Waals surface area (Å²) in [5.41, 5.74) is -0.724. The maximum Gasteiger partial charge on any atom is 0.405 e. The largest absolute Gasteiger partial charge is 0.459 e. The fraction of sp³-hybridized carbons (Fsp3) is 0.846. The molecule has 11 atom stereocenters. The van der Waals surface area contributed by atoms with E-state index >= 15 is 0 Å². The average molecular weight is 625 g/mol. The molecule has 0 spiro atoms. The molecule has 3 aliphatic heterocycles. The van der Waals surface area contributed by atoms with Crippen LogP contribution in [0.2, 0.25) is 0 Å². The smallest absolute Gasteiger partial charge is 0.405 e. The highest BCUT2D eigenvalue weighted by Crippen LogP contribution is 2.55. The van der Waals surface area contributed by atoms with Crippen molar-refractivity contribution in [2.24, 2.45) is 29.6 Å². The molecule has 3 saturated heterocycles. The Balaban J connectivity index is 1.16. The van der Waals surface area contributed by atoms with Crippen LogP contribution in [0, 0.1) is 29.6 Å². The zero-order chi connectivity index (χ0) is 30.8. The van der Waals surface area contributed by atoms with Crippen molar-refractivity contribution in [3.63, 3.8) is 0 Å². The Labute approximate surface area is 240 Å². The fourth-order valence-corrected chi connectivity index (χ4v) is 7.82. The first kappa shape index (κ1) is 31.0. The van der Waals surface area contributed by atoms with Crippen molar-refractivity contribution in [1.82, 2.24) is 0 Å². The third-order valence-corrected chi connectivity index (χ3v) is 10.6. The van der Waals surface area contributed by atoms with E-state index in [1.807, 2.05) is 13.8 Å². The number of halogens is 2. The van der Waals surface area contributed by atoms with Gasteiger partial charge in [-0.3, -0.25) is 14.1 Å². The number of alkyl halides is 2. The fourth-order valence-electron chi connectivity index (χ4n) is 7.35. The Morgan fingerprint density at radius 3 is 2.38 bits per heavy atom. The van der Waals surface area contributed by atoms with Crippen molar-refractivity contribution in [2.75, 3.05) is 13.2 Å². The van der Waals surface area contributed by atoms with Crippen LogP contribution in [0.1, 0.15) is 52.9 Å². The van der Waals surface area contributed by atoms with Crippen LogP contribution in [-0.2, 0) is 57.7 Å². The molecule has 5 fully saturated rings. The lowest BCUT2D eigenvalue weighted by atomic mass is 9.75. The Kier molecular flexibility index (Phi) is 8.07. The van der Waals surface area contributed by atoms with E-state index in [2.05, 4.69) is 4.74 Å². The first-order chi connectivity index (χ1) is 19.6. The molecule has 4 bridgehead atoms. The van der Waals surface area contributed by atoms with Crippen molar-refractivity contribution < 1.29 is 69.4 Å². The highest BCUT2D eigenvalue weighted by Gasteiger charge is 2.72. The third-order valence-electron chi connectivity index (χ3n) is 9.57. The van der Waals surface area contributed by atoms with Crippen LogP contribution in [0.25, 0.3) is 0 Å². The number of hydrogen-bond acceptors (Lipinski definition) is 12. The predicted molar refractivity (Wildman–Crippen MR) is 132 cm³/mol. The topological polar surface area (TPSA) is 178 Å². The van der Waals surface area contributed by atoms with Crippen LogP contribution in [-0.4, -0.2) is 91.4 Å². The van der Waals surface area contributed by atoms with E-state index in [0.717, 1.165) is 19.3 Å². The van der Waals surface area contributed by atoms with Crippen LogP contribution in [0.5, 0.6) is 0 Å². The third kappa shape index (κ3) is 5.28. The predicted octanol–water partition coefficient (Wildman–Crippen LogP) is 1.41. The van der Waals surface area contributed by atoms with Gasteiger partial charge in [-0.05, 0) is 51.4 Å². The maximum absolute atomic E-state index is 13.6. The van der Waals surface area contributed by atoms with E-state index in [1.165, 1.54) is 6.42 Å². The van der Waals surface area contributed by atoms with Gasteiger partial charge in [-0.2, -0.15) is 17.2 Å². The molecule has 5 aliphatic rings. The molecule has 0 aromatic carbocycles. The van der Waals surface area contributed by atoms with Crippen molar-refractivity contribution >= 4 is 34.0 Å². The molecular formula is C26H34F2O13S. The SMILES string of the molecule is CCC(C)(OC(=O)C1C2OC3C(OC(=O)C31)C2OC(=O)COCC(=O)OC(C)C(F)(F)S(=O)(=O)O)C1CC2CCC1C2. The monoisotopic (exact) mass is 624 g/mol. The van der Waals surface area contributed by atoms with Crippen LogP contribution in [0.4, 0.5) is 8.78 Å². The minimum atomic E-state index is -5.84. The molecule has 3 heterocycles. The lowest BCUT2D eigenvalue weighted by molar-refractivity contribution is -0.181. The average Bonchev–Trinajstić information content (AvgIpc) is 3.71. The van der Waals surface area contributed by atoms with Crippen LogP contribution in [0.3, 0.4) is 0 Å². The standard InChI is InChI=1S/C26H34F2O13S/c1-4-25(3,14-8-12-5-6-13(14)7-12)41-24(32)18-17-19-22(40-23(17)31)21(20(18)39-19)38-16(30)10-36-9-15(29)37-11(2)26(27,28)42(33,34)35/h11-14,17-22H,4-10H2,1-3H3,(H,33,34,35). The summed E-state index contributed by atoms with van der Waals surface area (Å²) in [5.74, 6) is -4.35. The first-order valence-electron chi connectivity index (χ1n) is 14.0. The Morgan fingerprint density at radius 2 is 1.79 bits per heavy atom. The van der Waals surface area contributed by atoms with Crippen LogP contribution in [0.15, 0.2) is 0 Å². The summed E-state index contributed by atoms with van der Waals surface area (Å²) >= 11 is 0. The Morgan fingerprint density at radius 1 is 1.10 bits per heavy atom. The number of carbonyl (C=O) groups is 4. The van der Waals surface area contributed by atoms with Crippen molar-refractivity contribution in [1.29, 1.82) is 0 Å². The van der Waals surface area contributed by atoms with E-state index in [1.54, 1.807) is 0 Å². The second kappa shape index (κ2) is 10.9. The van der Waals surface area contributed by atoms with Gasteiger partial charge < -0.3 is 28.4 Å². The van der Waals surface area contributed by atoms with E-state index < -0.39 is 100 Å². The molecule has 1 N–H and O–H groups in total. The number of fused-ring (bicyclic) bond motifs is 3. The van der Waals surface area contributed by atoms with Gasteiger partial charge in [-0.25, -0.2) is 9.59 Å². The van der Waals surface area contributed by atoms with Crippen LogP contribution >= 0.6 is 0 Å². The lowest BCUT2D eigenvalue weighted by Crippen LogP contribution is -2.51. The Hall–Kier alpha value is -2.43. The molecule has 42 heavy (non-hydrogen) atoms. The van der Waals surface area contributed by atoms with Gasteiger partial charge in [0.05, 0.1) is 0 Å². The summed E-state index contributed by atoms with van der Waals surface area (Å²) < 4.78 is 89.0. The minimum absolute atomic E-state index is 0.215. The molecule has 0 aromatic rings. The molecule has 0 amide bonds. The number of carbonyl (C=O) groups excluding carboxylic acids is 4. The summed E-state index contributed by atoms with van der Waals surface area (Å²) in [5, 5.41) is -4.76. The van der Waals surface area contributed by atoms with Crippen LogP contribution < -0.4 is 0 Å². The van der Waals surface area contributed by atoms with E-state index in [9.17, 15) is 36.4 Å². The van der Waals surface area contributed by atoms with Crippen molar-refractivity contribution in [3.05, 3.63) is 0 Å². The molecule has 2 saturated carbocycles. The number of rotatable bonds is 12. The zero-order valence-corrected chi connectivity index (χ0v) is 24.1. The molecular weight excluding hydrogens is 590 g/mol. The molecule has 2 aliphatic carbocycles. The second-order valence-electron chi connectivity index (χ2n) is 12.0. The van der Waals surface area contributed by atoms with E-state index in [4.69, 9.17) is 28.2 Å². The van der Waals surface area contributed by atoms with Gasteiger partial charge >= 0.3 is 39.2 Å². The summed E-state index contributed by atoms with van der Waals surface area (Å²) in [6, 6.07) is 0. The second-order valence-corrected chi connectivity index (χ2v) is 13.5. The maximum atomic E-state index is 13.6. The molecule has 5 rings (SSSR count). The molecule has 16 heteroatoms. The molecule has 0 radical (unpaired) electrons. The highest BCUT2D eigenvalue weighted by atomic mass is 32.2. The van der Waals surface area contributed by atoms with Gasteiger partial charge in [0.25, 0.3) is 0 Å². The van der Waals surface area contributed by atoms with Crippen molar-refractivity contribution in [2.45, 2.75) is 94.3 Å². The number of hydrogen-bond donors (Lipinski definition) is 1. The molecule has 236 valence electrons. The zero-order valence-electron chi connectivity index (χ0n) is 23.2. The summed E-state index contributed by atoms with van der Waals surface area (Å²) in [7, 11) is -5.84. The number of ether oxygens (including phenoxy) is 6. The van der Waals surface area contributed by atoms with Gasteiger partial charge in [0.1, 0.15) is 42.9 Å². The first-order valence-corrected chi connectivity index (χ1v) is 15.4. The summed E-state index contributed by atoms with van der Waals surface area (Å²) in [6.07, 6.45) is -1.47. The van der Waals surface area contributed by atoms with Gasteiger partial charge in [-0.15, -0.1) is 0 Å².